The molecule has 1 aromatic carbocycles. The Kier molecular flexibility index (Phi) is 3.91. The van der Waals surface area contributed by atoms with Crippen molar-refractivity contribution in [1.82, 2.24) is 0 Å². The highest BCUT2D eigenvalue weighted by Gasteiger charge is 2.12. The van der Waals surface area contributed by atoms with Gasteiger partial charge in [0.15, 0.2) is 6.21 Å². The Morgan fingerprint density at radius 1 is 1.06 bits per heavy atom. The second-order valence-electron chi connectivity index (χ2n) is 3.72. The summed E-state index contributed by atoms with van der Waals surface area (Å²) in [5.41, 5.74) is 1.30. The van der Waals surface area contributed by atoms with E-state index in [-0.39, 0.29) is 0 Å². The topological polar surface area (TPSA) is 3.01 Å². The Morgan fingerprint density at radius 2 is 1.81 bits per heavy atom. The highest BCUT2D eigenvalue weighted by Crippen LogP contribution is 2.49. The van der Waals surface area contributed by atoms with Gasteiger partial charge in [-0.1, -0.05) is 51.9 Å². The molecule has 0 saturated carbocycles. The van der Waals surface area contributed by atoms with E-state index in [1.807, 2.05) is 46.3 Å². The van der Waals surface area contributed by atoms with Crippen LogP contribution in [0.4, 0.5) is 0 Å². The lowest BCUT2D eigenvalue weighted by Gasteiger charge is -1.97. The molecule has 1 aliphatic heterocycles. The minimum atomic E-state index is 1.30. The Bertz CT molecular complexity index is 454. The van der Waals surface area contributed by atoms with Crippen molar-refractivity contribution in [3.8, 4) is 0 Å². The summed E-state index contributed by atoms with van der Waals surface area (Å²) in [5.74, 6) is 0. The van der Waals surface area contributed by atoms with Crippen LogP contribution in [0.1, 0.15) is 5.56 Å². The predicted octanol–water partition coefficient (Wildman–Crippen LogP) is 3.65. The molecular formula is C13H14NS2+. The quantitative estimate of drug-likeness (QED) is 0.446. The van der Waals surface area contributed by atoms with E-state index in [0.717, 1.165) is 0 Å². The lowest BCUT2D eigenvalue weighted by atomic mass is 10.2. The van der Waals surface area contributed by atoms with Gasteiger partial charge in [-0.15, -0.1) is 0 Å². The van der Waals surface area contributed by atoms with Crippen molar-refractivity contribution in [2.75, 3.05) is 14.1 Å². The number of nitrogens with zero attached hydrogens (tertiary/aromatic N) is 1. The van der Waals surface area contributed by atoms with Crippen molar-refractivity contribution in [3.05, 3.63) is 53.0 Å². The summed E-state index contributed by atoms with van der Waals surface area (Å²) in [4.78, 5) is 2.64. The first kappa shape index (κ1) is 11.6. The molecule has 1 heterocycles. The van der Waals surface area contributed by atoms with E-state index in [4.69, 9.17) is 0 Å². The molecule has 0 aliphatic carbocycles. The average Bonchev–Trinajstić information content (AvgIpc) is 2.76. The summed E-state index contributed by atoms with van der Waals surface area (Å²) in [6.45, 7) is 0. The van der Waals surface area contributed by atoms with Gasteiger partial charge in [0.05, 0.1) is 0 Å². The standard InChI is InChI=1S/C13H14NS2/c1-14(2)9-8-12-10-13(16-15-12)11-6-4-3-5-7-11/h3-10H,1-2H3/q+1/b12-8-. The van der Waals surface area contributed by atoms with Crippen molar-refractivity contribution >= 4 is 32.7 Å². The van der Waals surface area contributed by atoms with E-state index < -0.39 is 0 Å². The van der Waals surface area contributed by atoms with E-state index in [1.165, 1.54) is 15.4 Å². The first-order valence-corrected chi connectivity index (χ1v) is 7.24. The maximum Gasteiger partial charge on any atom is 0.164 e. The second-order valence-corrected chi connectivity index (χ2v) is 5.97. The van der Waals surface area contributed by atoms with Crippen LogP contribution in [0.5, 0.6) is 0 Å². The maximum absolute atomic E-state index is 2.24. The van der Waals surface area contributed by atoms with Crippen molar-refractivity contribution in [3.63, 3.8) is 0 Å². The third kappa shape index (κ3) is 3.03. The largest absolute Gasteiger partial charge is 0.241 e. The fourth-order valence-corrected chi connectivity index (χ4v) is 3.56. The smallest absolute Gasteiger partial charge is 0.164 e. The van der Waals surface area contributed by atoms with Crippen molar-refractivity contribution in [2.45, 2.75) is 0 Å². The number of benzene rings is 1. The van der Waals surface area contributed by atoms with E-state index >= 15 is 0 Å². The van der Waals surface area contributed by atoms with Gasteiger partial charge in [-0.3, -0.25) is 0 Å². The summed E-state index contributed by atoms with van der Waals surface area (Å²) in [6, 6.07) is 10.5. The van der Waals surface area contributed by atoms with Crippen LogP contribution < -0.4 is 0 Å². The fourth-order valence-electron chi connectivity index (χ4n) is 1.30. The van der Waals surface area contributed by atoms with Gasteiger partial charge >= 0.3 is 0 Å². The number of hydrogen-bond acceptors (Lipinski definition) is 2. The van der Waals surface area contributed by atoms with E-state index in [1.54, 1.807) is 0 Å². The van der Waals surface area contributed by atoms with Crippen LogP contribution in [0, 0.1) is 0 Å². The molecule has 82 valence electrons. The summed E-state index contributed by atoms with van der Waals surface area (Å²) in [7, 11) is 7.71. The van der Waals surface area contributed by atoms with Gasteiger partial charge in [0.1, 0.15) is 14.1 Å². The lowest BCUT2D eigenvalue weighted by molar-refractivity contribution is -0.458. The van der Waals surface area contributed by atoms with Crippen LogP contribution in [-0.2, 0) is 0 Å². The molecule has 0 saturated heterocycles. The Morgan fingerprint density at radius 3 is 2.50 bits per heavy atom. The zero-order valence-corrected chi connectivity index (χ0v) is 11.0. The molecule has 0 atom stereocenters. The van der Waals surface area contributed by atoms with Crippen LogP contribution in [0.3, 0.4) is 0 Å². The van der Waals surface area contributed by atoms with Gasteiger partial charge in [0, 0.05) is 15.9 Å². The third-order valence-electron chi connectivity index (χ3n) is 2.10. The molecule has 0 amide bonds. The first-order valence-electron chi connectivity index (χ1n) is 5.09. The molecular weight excluding hydrogens is 234 g/mol. The summed E-state index contributed by atoms with van der Waals surface area (Å²) in [6.07, 6.45) is 6.46. The molecule has 0 fully saturated rings. The van der Waals surface area contributed by atoms with Gasteiger partial charge in [-0.05, 0) is 11.6 Å². The molecule has 1 aromatic rings. The van der Waals surface area contributed by atoms with Crippen molar-refractivity contribution < 1.29 is 4.58 Å². The lowest BCUT2D eigenvalue weighted by Crippen LogP contribution is -1.95. The molecule has 1 aliphatic rings. The zero-order valence-electron chi connectivity index (χ0n) is 9.38. The van der Waals surface area contributed by atoms with Gasteiger partial charge < -0.3 is 0 Å². The summed E-state index contributed by atoms with van der Waals surface area (Å²) >= 11 is 0. The van der Waals surface area contributed by atoms with E-state index in [2.05, 4.69) is 42.6 Å². The molecule has 16 heavy (non-hydrogen) atoms. The van der Waals surface area contributed by atoms with Crippen LogP contribution in [0.25, 0.3) is 4.91 Å². The summed E-state index contributed by atoms with van der Waals surface area (Å²) < 4.78 is 2.05. The van der Waals surface area contributed by atoms with Gasteiger partial charge in [0.25, 0.3) is 0 Å². The van der Waals surface area contributed by atoms with E-state index in [0.29, 0.717) is 0 Å². The average molecular weight is 248 g/mol. The predicted molar refractivity (Wildman–Crippen MR) is 75.9 cm³/mol. The van der Waals surface area contributed by atoms with Crippen LogP contribution in [-0.4, -0.2) is 24.9 Å². The SMILES string of the molecule is C[N+](C)=C/C=C1/C=C(c2ccccc2)SS1. The monoisotopic (exact) mass is 248 g/mol. The van der Waals surface area contributed by atoms with Crippen molar-refractivity contribution in [1.29, 1.82) is 0 Å². The highest BCUT2D eigenvalue weighted by molar-refractivity contribution is 8.82. The highest BCUT2D eigenvalue weighted by atomic mass is 33.1. The van der Waals surface area contributed by atoms with Crippen LogP contribution in [0.15, 0.2) is 47.4 Å². The van der Waals surface area contributed by atoms with Gasteiger partial charge in [-0.25, -0.2) is 4.58 Å². The molecule has 0 unspecified atom stereocenters. The second kappa shape index (κ2) is 5.41. The minimum absolute atomic E-state index is 1.30. The molecule has 0 aromatic heterocycles. The van der Waals surface area contributed by atoms with Gasteiger partial charge in [-0.2, -0.15) is 0 Å². The molecule has 2 rings (SSSR count). The first-order chi connectivity index (χ1) is 7.75. The molecule has 0 N–H and O–H groups in total. The molecule has 1 nitrogen and oxygen atoms in total. The third-order valence-corrected chi connectivity index (χ3v) is 4.53. The maximum atomic E-state index is 2.24. The number of allylic oxidation sites excluding steroid dienone is 2. The Hall–Kier alpha value is -0.930. The van der Waals surface area contributed by atoms with Gasteiger partial charge in [0.2, 0.25) is 0 Å². The molecule has 0 radical (unpaired) electrons. The number of rotatable bonds is 2. The Balaban J connectivity index is 2.19. The van der Waals surface area contributed by atoms with Crippen LogP contribution >= 0.6 is 21.6 Å². The minimum Gasteiger partial charge on any atom is -0.241 e. The Labute approximate surface area is 104 Å². The number of hydrogen-bond donors (Lipinski definition) is 0. The van der Waals surface area contributed by atoms with E-state index in [9.17, 15) is 0 Å². The zero-order chi connectivity index (χ0) is 11.4. The fraction of sp³-hybridized carbons (Fsp3) is 0.154. The summed E-state index contributed by atoms with van der Waals surface area (Å²) in [5, 5.41) is 0. The molecule has 0 bridgehead atoms. The normalized spacial score (nSPS) is 17.4. The van der Waals surface area contributed by atoms with Crippen LogP contribution in [0.2, 0.25) is 0 Å². The molecule has 3 heteroatoms. The molecule has 0 spiro atoms. The van der Waals surface area contributed by atoms with Crippen molar-refractivity contribution in [2.24, 2.45) is 0 Å².